The summed E-state index contributed by atoms with van der Waals surface area (Å²) in [7, 11) is 0. The van der Waals surface area contributed by atoms with Gasteiger partial charge in [-0.15, -0.1) is 0 Å². The van der Waals surface area contributed by atoms with Crippen LogP contribution in [0, 0.1) is 0 Å². The van der Waals surface area contributed by atoms with Gasteiger partial charge in [0.1, 0.15) is 5.76 Å². The molecule has 0 spiro atoms. The Labute approximate surface area is 86.7 Å². The molecule has 11 heavy (non-hydrogen) atoms. The molecule has 0 saturated carbocycles. The number of rotatable bonds is 1. The molecule has 0 bridgehead atoms. The first-order valence-corrected chi connectivity index (χ1v) is 3.64. The molecule has 60 valence electrons. The maximum atomic E-state index is 8.10. The molecule has 0 aliphatic carbocycles. The van der Waals surface area contributed by atoms with Crippen molar-refractivity contribution in [2.24, 2.45) is 0 Å². The van der Waals surface area contributed by atoms with E-state index in [1.54, 1.807) is 0 Å². The topological polar surface area (TPSA) is 25.2 Å². The van der Waals surface area contributed by atoms with E-state index in [9.17, 15) is 0 Å². The Morgan fingerprint density at radius 3 is 3.36 bits per heavy atom. The Bertz CT molecular complexity index is 571. The van der Waals surface area contributed by atoms with E-state index < -0.39 is 43.1 Å². The van der Waals surface area contributed by atoms with E-state index in [1.165, 1.54) is 0 Å². The third-order valence-corrected chi connectivity index (χ3v) is 1.49. The Hall–Kier alpha value is -0.280. The van der Waals surface area contributed by atoms with Crippen molar-refractivity contribution in [1.29, 1.82) is 0 Å². The SMILES string of the molecule is [2H]c1c(Br)oc(C2([2H])NC([2H])([2H])C([2H])([2H])C2([2H])[2H])c1[2H]. The van der Waals surface area contributed by atoms with E-state index in [-0.39, 0.29) is 4.67 Å². The predicted octanol–water partition coefficient (Wildman–Crippen LogP) is 2.47. The van der Waals surface area contributed by atoms with Gasteiger partial charge in [0.2, 0.25) is 0 Å². The van der Waals surface area contributed by atoms with Crippen LogP contribution < -0.4 is 5.32 Å². The minimum atomic E-state index is -3.03. The summed E-state index contributed by atoms with van der Waals surface area (Å²) in [5, 5.41) is 1.92. The van der Waals surface area contributed by atoms with E-state index in [4.69, 9.17) is 16.8 Å². The highest BCUT2D eigenvalue weighted by Gasteiger charge is 2.18. The fraction of sp³-hybridized carbons (Fsp3) is 0.500. The summed E-state index contributed by atoms with van der Waals surface area (Å²) < 4.78 is 73.9. The van der Waals surface area contributed by atoms with Crippen LogP contribution >= 0.6 is 15.9 Å². The van der Waals surface area contributed by atoms with Crippen molar-refractivity contribution in [3.05, 3.63) is 22.5 Å². The maximum absolute atomic E-state index is 8.10. The minimum Gasteiger partial charge on any atom is -0.453 e. The Balaban J connectivity index is 2.70. The fourth-order valence-corrected chi connectivity index (χ4v) is 0.953. The summed E-state index contributed by atoms with van der Waals surface area (Å²) in [5.41, 5.74) is 0. The van der Waals surface area contributed by atoms with Gasteiger partial charge in [-0.25, -0.2) is 0 Å². The van der Waals surface area contributed by atoms with Crippen LogP contribution in [-0.4, -0.2) is 6.50 Å². The van der Waals surface area contributed by atoms with Crippen molar-refractivity contribution in [2.75, 3.05) is 6.50 Å². The highest BCUT2D eigenvalue weighted by Crippen LogP contribution is 2.26. The first-order chi connectivity index (χ1) is 8.79. The largest absolute Gasteiger partial charge is 0.453 e. The molecule has 0 amide bonds. The lowest BCUT2D eigenvalue weighted by molar-refractivity contribution is 0.431. The van der Waals surface area contributed by atoms with E-state index in [2.05, 4.69) is 15.9 Å². The Morgan fingerprint density at radius 1 is 1.91 bits per heavy atom. The van der Waals surface area contributed by atoms with Crippen LogP contribution in [-0.2, 0) is 0 Å². The monoisotopic (exact) mass is 224 g/mol. The average Bonchev–Trinajstić information content (AvgIpc) is 2.59. The van der Waals surface area contributed by atoms with Crippen molar-refractivity contribution < 1.29 is 16.8 Å². The highest BCUT2D eigenvalue weighted by molar-refractivity contribution is 9.10. The molecule has 1 fully saturated rings. The molecule has 2 heterocycles. The molecule has 1 saturated heterocycles. The summed E-state index contributed by atoms with van der Waals surface area (Å²) in [6.07, 6.45) is -6.06. The summed E-state index contributed by atoms with van der Waals surface area (Å²) in [4.78, 5) is 0. The van der Waals surface area contributed by atoms with Crippen LogP contribution in [0.2, 0.25) is 0 Å². The normalized spacial score (nSPS) is 56.6. The highest BCUT2D eigenvalue weighted by atomic mass is 79.9. The molecular formula is C8H10BrNO. The standard InChI is InChI=1S/C8H10BrNO/c9-8-4-3-7(11-8)6-2-1-5-10-6/h3-4,6,10H,1-2,5H2/i1D2,2D2,3D,4D,5D2,6D. The van der Waals surface area contributed by atoms with Crippen molar-refractivity contribution in [2.45, 2.75) is 18.8 Å². The lowest BCUT2D eigenvalue weighted by Crippen LogP contribution is -2.11. The number of hydrogen-bond donors (Lipinski definition) is 1. The second-order valence-electron chi connectivity index (χ2n) is 1.83. The number of furan rings is 1. The first kappa shape index (κ1) is 2.36. The van der Waals surface area contributed by atoms with Crippen LogP contribution in [0.3, 0.4) is 0 Å². The zero-order valence-electron chi connectivity index (χ0n) is 14.3. The molecule has 1 unspecified atom stereocenters. The molecular weight excluding hydrogens is 206 g/mol. The number of hydrogen-bond acceptors (Lipinski definition) is 2. The molecule has 1 aromatic heterocycles. The second-order valence-corrected chi connectivity index (χ2v) is 2.55. The second kappa shape index (κ2) is 2.99. The molecule has 1 aromatic rings. The summed E-state index contributed by atoms with van der Waals surface area (Å²) in [6, 6.07) is -3.69. The minimum absolute atomic E-state index is 0.199. The zero-order chi connectivity index (χ0) is 15.7. The lowest BCUT2D eigenvalue weighted by atomic mass is 10.2. The van der Waals surface area contributed by atoms with Gasteiger partial charge in [-0.05, 0) is 47.3 Å². The number of halogens is 1. The quantitative estimate of drug-likeness (QED) is 0.794. The molecule has 2 rings (SSSR count). The summed E-state index contributed by atoms with van der Waals surface area (Å²) in [5.74, 6) is -0.648. The van der Waals surface area contributed by atoms with E-state index in [0.717, 1.165) is 0 Å². The average molecular weight is 225 g/mol. The molecule has 1 aliphatic heterocycles. The smallest absolute Gasteiger partial charge is 0.169 e. The zero-order valence-corrected chi connectivity index (χ0v) is 6.87. The fourth-order valence-electron chi connectivity index (χ4n) is 0.692. The van der Waals surface area contributed by atoms with Gasteiger partial charge >= 0.3 is 0 Å². The third kappa shape index (κ3) is 1.49. The van der Waals surface area contributed by atoms with Crippen LogP contribution in [0.25, 0.3) is 0 Å². The Morgan fingerprint density at radius 2 is 2.82 bits per heavy atom. The molecule has 0 aromatic carbocycles. The maximum Gasteiger partial charge on any atom is 0.169 e. The van der Waals surface area contributed by atoms with Gasteiger partial charge in [0.25, 0.3) is 0 Å². The van der Waals surface area contributed by atoms with Crippen molar-refractivity contribution in [3.63, 3.8) is 0 Å². The molecule has 1 atom stereocenters. The molecule has 1 N–H and O–H groups in total. The van der Waals surface area contributed by atoms with Gasteiger partial charge in [-0.2, -0.15) is 0 Å². The predicted molar refractivity (Wildman–Crippen MR) is 46.4 cm³/mol. The van der Waals surface area contributed by atoms with Gasteiger partial charge < -0.3 is 9.73 Å². The number of nitrogens with one attached hydrogen (secondary N) is 1. The van der Waals surface area contributed by atoms with Gasteiger partial charge in [-0.1, -0.05) is 0 Å². The van der Waals surface area contributed by atoms with Crippen LogP contribution in [0.1, 0.15) is 36.9 Å². The Kier molecular flexibility index (Phi) is 0.641. The summed E-state index contributed by atoms with van der Waals surface area (Å²) in [6.45, 7) is -2.84. The molecule has 1 aliphatic rings. The molecule has 0 radical (unpaired) electrons. The molecule has 2 nitrogen and oxygen atoms in total. The van der Waals surface area contributed by atoms with Crippen molar-refractivity contribution >= 4 is 15.9 Å². The third-order valence-electron chi connectivity index (χ3n) is 1.13. The van der Waals surface area contributed by atoms with E-state index in [0.29, 0.717) is 0 Å². The van der Waals surface area contributed by atoms with Gasteiger partial charge in [-0.3, -0.25) is 0 Å². The van der Waals surface area contributed by atoms with Crippen molar-refractivity contribution in [3.8, 4) is 0 Å². The molecule has 3 heteroatoms. The van der Waals surface area contributed by atoms with Crippen molar-refractivity contribution in [1.82, 2.24) is 5.32 Å². The van der Waals surface area contributed by atoms with Crippen LogP contribution in [0.5, 0.6) is 0 Å². The van der Waals surface area contributed by atoms with Crippen LogP contribution in [0.4, 0.5) is 0 Å². The van der Waals surface area contributed by atoms with E-state index in [1.807, 2.05) is 5.32 Å². The van der Waals surface area contributed by atoms with E-state index >= 15 is 0 Å². The van der Waals surface area contributed by atoms with Gasteiger partial charge in [0.15, 0.2) is 4.67 Å². The van der Waals surface area contributed by atoms with Gasteiger partial charge in [0, 0.05) is 8.22 Å². The summed E-state index contributed by atoms with van der Waals surface area (Å²) >= 11 is 2.84. The lowest BCUT2D eigenvalue weighted by Gasteiger charge is -2.04. The first-order valence-electron chi connectivity index (χ1n) is 7.35. The van der Waals surface area contributed by atoms with Gasteiger partial charge in [0.05, 0.1) is 10.1 Å². The van der Waals surface area contributed by atoms with Crippen LogP contribution in [0.15, 0.2) is 21.2 Å².